The smallest absolute Gasteiger partial charge is 0.137 e. The molecule has 1 unspecified atom stereocenters. The molecule has 1 aliphatic rings. The zero-order valence-electron chi connectivity index (χ0n) is 13.2. The molecule has 0 radical (unpaired) electrons. The molecule has 21 heavy (non-hydrogen) atoms. The molecule has 0 amide bonds. The van der Waals surface area contributed by atoms with Gasteiger partial charge in [-0.3, -0.25) is 0 Å². The maximum atomic E-state index is 4.66. The monoisotopic (exact) mass is 303 g/mol. The highest BCUT2D eigenvalue weighted by molar-refractivity contribution is 7.17. The average molecular weight is 303 g/mol. The fraction of sp³-hybridized carbons (Fsp3) is 0.588. The number of rotatable bonds is 3. The molecule has 2 aromatic rings. The van der Waals surface area contributed by atoms with Crippen molar-refractivity contribution in [2.45, 2.75) is 39.2 Å². The number of nitrogens with one attached hydrogen (secondary N) is 1. The van der Waals surface area contributed by atoms with Crippen molar-refractivity contribution in [1.82, 2.24) is 10.3 Å². The van der Waals surface area contributed by atoms with Crippen LogP contribution in [0.5, 0.6) is 0 Å². The van der Waals surface area contributed by atoms with E-state index >= 15 is 0 Å². The van der Waals surface area contributed by atoms with Crippen molar-refractivity contribution in [2.24, 2.45) is 5.92 Å². The SMILES string of the molecule is CC(C)(C)NCC1CCCN(c2nccc3sccc23)C1. The summed E-state index contributed by atoms with van der Waals surface area (Å²) in [5.41, 5.74) is 0.202. The van der Waals surface area contributed by atoms with Crippen LogP contribution in [0, 0.1) is 5.92 Å². The van der Waals surface area contributed by atoms with Crippen LogP contribution in [0.25, 0.3) is 10.1 Å². The van der Waals surface area contributed by atoms with Crippen molar-refractivity contribution in [3.05, 3.63) is 23.7 Å². The molecule has 3 heterocycles. The van der Waals surface area contributed by atoms with Crippen LogP contribution in [0.15, 0.2) is 23.7 Å². The van der Waals surface area contributed by atoms with Gasteiger partial charge in [-0.25, -0.2) is 4.98 Å². The first-order valence-electron chi connectivity index (χ1n) is 7.85. The molecular formula is C17H25N3S. The summed E-state index contributed by atoms with van der Waals surface area (Å²) in [4.78, 5) is 7.14. The lowest BCUT2D eigenvalue weighted by molar-refractivity contribution is 0.335. The van der Waals surface area contributed by atoms with Gasteiger partial charge in [0.15, 0.2) is 0 Å². The Balaban J connectivity index is 1.72. The molecule has 3 nitrogen and oxygen atoms in total. The Kier molecular flexibility index (Phi) is 4.18. The van der Waals surface area contributed by atoms with E-state index in [4.69, 9.17) is 0 Å². The zero-order chi connectivity index (χ0) is 14.9. The van der Waals surface area contributed by atoms with Gasteiger partial charge in [0.1, 0.15) is 5.82 Å². The van der Waals surface area contributed by atoms with E-state index in [0.717, 1.165) is 19.6 Å². The third kappa shape index (κ3) is 3.55. The Labute approximate surface area is 131 Å². The normalized spacial score (nSPS) is 20.1. The van der Waals surface area contributed by atoms with E-state index in [9.17, 15) is 0 Å². The minimum atomic E-state index is 0.202. The molecule has 1 atom stereocenters. The molecular weight excluding hydrogens is 278 g/mol. The van der Waals surface area contributed by atoms with Gasteiger partial charge in [-0.2, -0.15) is 0 Å². The fourth-order valence-corrected chi connectivity index (χ4v) is 3.78. The van der Waals surface area contributed by atoms with Gasteiger partial charge in [0.2, 0.25) is 0 Å². The van der Waals surface area contributed by atoms with Gasteiger partial charge >= 0.3 is 0 Å². The number of piperidine rings is 1. The molecule has 0 aliphatic carbocycles. The molecule has 4 heteroatoms. The second kappa shape index (κ2) is 5.93. The highest BCUT2D eigenvalue weighted by Crippen LogP contribution is 2.31. The minimum absolute atomic E-state index is 0.202. The maximum absolute atomic E-state index is 4.66. The summed E-state index contributed by atoms with van der Waals surface area (Å²) in [6, 6.07) is 4.32. The number of nitrogens with zero attached hydrogens (tertiary/aromatic N) is 2. The van der Waals surface area contributed by atoms with E-state index in [2.05, 4.69) is 53.5 Å². The fourth-order valence-electron chi connectivity index (χ4n) is 3.01. The minimum Gasteiger partial charge on any atom is -0.356 e. The predicted octanol–water partition coefficient (Wildman–Crippen LogP) is 3.90. The molecule has 1 N–H and O–H groups in total. The van der Waals surface area contributed by atoms with Crippen LogP contribution in [-0.2, 0) is 0 Å². The second-order valence-electron chi connectivity index (χ2n) is 7.05. The molecule has 0 saturated carbocycles. The van der Waals surface area contributed by atoms with Crippen LogP contribution >= 0.6 is 11.3 Å². The highest BCUT2D eigenvalue weighted by atomic mass is 32.1. The van der Waals surface area contributed by atoms with Crippen molar-refractivity contribution in [3.63, 3.8) is 0 Å². The lowest BCUT2D eigenvalue weighted by Crippen LogP contribution is -2.44. The largest absolute Gasteiger partial charge is 0.356 e. The Morgan fingerprint density at radius 3 is 3.05 bits per heavy atom. The van der Waals surface area contributed by atoms with Crippen LogP contribution < -0.4 is 10.2 Å². The molecule has 0 bridgehead atoms. The molecule has 0 aromatic carbocycles. The number of aromatic nitrogens is 1. The van der Waals surface area contributed by atoms with Gasteiger partial charge < -0.3 is 10.2 Å². The van der Waals surface area contributed by atoms with Crippen molar-refractivity contribution in [3.8, 4) is 0 Å². The van der Waals surface area contributed by atoms with Crippen LogP contribution in [0.3, 0.4) is 0 Å². The molecule has 1 saturated heterocycles. The summed E-state index contributed by atoms with van der Waals surface area (Å²) in [5.74, 6) is 1.89. The first-order valence-corrected chi connectivity index (χ1v) is 8.73. The van der Waals surface area contributed by atoms with Crippen LogP contribution in [0.2, 0.25) is 0 Å². The van der Waals surface area contributed by atoms with Crippen molar-refractivity contribution in [1.29, 1.82) is 0 Å². The quantitative estimate of drug-likeness (QED) is 0.932. The molecule has 114 valence electrons. The van der Waals surface area contributed by atoms with E-state index in [1.807, 2.05) is 6.20 Å². The van der Waals surface area contributed by atoms with E-state index in [1.165, 1.54) is 28.7 Å². The van der Waals surface area contributed by atoms with Gasteiger partial charge in [-0.15, -0.1) is 11.3 Å². The molecule has 2 aromatic heterocycles. The first-order chi connectivity index (χ1) is 10.0. The van der Waals surface area contributed by atoms with Gasteiger partial charge in [-0.1, -0.05) is 0 Å². The van der Waals surface area contributed by atoms with Crippen LogP contribution in [0.1, 0.15) is 33.6 Å². The van der Waals surface area contributed by atoms with Gasteiger partial charge in [0.05, 0.1) is 0 Å². The van der Waals surface area contributed by atoms with E-state index in [-0.39, 0.29) is 5.54 Å². The zero-order valence-corrected chi connectivity index (χ0v) is 14.0. The Morgan fingerprint density at radius 1 is 1.38 bits per heavy atom. The third-order valence-electron chi connectivity index (χ3n) is 4.10. The summed E-state index contributed by atoms with van der Waals surface area (Å²) in [6.07, 6.45) is 4.53. The predicted molar refractivity (Wildman–Crippen MR) is 92.3 cm³/mol. The van der Waals surface area contributed by atoms with E-state index < -0.39 is 0 Å². The Hall–Kier alpha value is -1.13. The molecule has 1 fully saturated rings. The number of hydrogen-bond acceptors (Lipinski definition) is 4. The summed E-state index contributed by atoms with van der Waals surface area (Å²) in [6.45, 7) is 10.1. The molecule has 1 aliphatic heterocycles. The van der Waals surface area contributed by atoms with Crippen LogP contribution in [0.4, 0.5) is 5.82 Å². The first kappa shape index (κ1) is 14.8. The number of hydrogen-bond donors (Lipinski definition) is 1. The van der Waals surface area contributed by atoms with Gasteiger partial charge in [0.25, 0.3) is 0 Å². The third-order valence-corrected chi connectivity index (χ3v) is 4.98. The summed E-state index contributed by atoms with van der Waals surface area (Å²) < 4.78 is 1.34. The number of pyridine rings is 1. The van der Waals surface area contributed by atoms with E-state index in [0.29, 0.717) is 5.92 Å². The Bertz CT molecular complexity index is 599. The highest BCUT2D eigenvalue weighted by Gasteiger charge is 2.23. The second-order valence-corrected chi connectivity index (χ2v) is 8.00. The summed E-state index contributed by atoms with van der Waals surface area (Å²) in [7, 11) is 0. The van der Waals surface area contributed by atoms with Crippen molar-refractivity contribution < 1.29 is 0 Å². The molecule has 0 spiro atoms. The van der Waals surface area contributed by atoms with Crippen LogP contribution in [-0.4, -0.2) is 30.2 Å². The summed E-state index contributed by atoms with van der Waals surface area (Å²) in [5, 5.41) is 7.13. The summed E-state index contributed by atoms with van der Waals surface area (Å²) >= 11 is 1.80. The van der Waals surface area contributed by atoms with E-state index in [1.54, 1.807) is 11.3 Å². The number of fused-ring (bicyclic) bond motifs is 1. The maximum Gasteiger partial charge on any atom is 0.137 e. The van der Waals surface area contributed by atoms with Crippen molar-refractivity contribution >= 4 is 27.2 Å². The lowest BCUT2D eigenvalue weighted by atomic mass is 9.96. The van der Waals surface area contributed by atoms with Gasteiger partial charge in [-0.05, 0) is 57.0 Å². The number of thiophene rings is 1. The lowest BCUT2D eigenvalue weighted by Gasteiger charge is -2.35. The standard InChI is InChI=1S/C17H25N3S/c1-17(2,3)19-11-13-5-4-9-20(12-13)16-14-7-10-21-15(14)6-8-18-16/h6-8,10,13,19H,4-5,9,11-12H2,1-3H3. The van der Waals surface area contributed by atoms with Crippen molar-refractivity contribution in [2.75, 3.05) is 24.5 Å². The number of anilines is 1. The Morgan fingerprint density at radius 2 is 2.24 bits per heavy atom. The van der Waals surface area contributed by atoms with Gasteiger partial charge in [0, 0.05) is 41.5 Å². The average Bonchev–Trinajstić information content (AvgIpc) is 2.93. The topological polar surface area (TPSA) is 28.2 Å². The molecule has 3 rings (SSSR count).